The first-order chi connectivity index (χ1) is 7.33. The summed E-state index contributed by atoms with van der Waals surface area (Å²) in [5.41, 5.74) is 14.0. The van der Waals surface area contributed by atoms with Crippen molar-refractivity contribution < 1.29 is 0 Å². The van der Waals surface area contributed by atoms with E-state index in [-0.39, 0.29) is 5.41 Å². The Balaban J connectivity index is 2.65. The van der Waals surface area contributed by atoms with E-state index >= 15 is 0 Å². The van der Waals surface area contributed by atoms with Gasteiger partial charge < -0.3 is 16.8 Å². The van der Waals surface area contributed by atoms with Gasteiger partial charge in [-0.25, -0.2) is 0 Å². The molecule has 5 N–H and O–H groups in total. The summed E-state index contributed by atoms with van der Waals surface area (Å²) >= 11 is 0. The van der Waals surface area contributed by atoms with Gasteiger partial charge in [0.2, 0.25) is 0 Å². The minimum absolute atomic E-state index is 0.260. The van der Waals surface area contributed by atoms with E-state index < -0.39 is 0 Å². The molecule has 1 rings (SSSR count). The van der Waals surface area contributed by atoms with Crippen LogP contribution in [-0.4, -0.2) is 6.54 Å². The van der Waals surface area contributed by atoms with Crippen LogP contribution in [0.3, 0.4) is 0 Å². The van der Waals surface area contributed by atoms with Crippen LogP contribution in [-0.2, 0) is 0 Å². The van der Waals surface area contributed by atoms with Gasteiger partial charge in [0.05, 0.1) is 11.4 Å². The zero-order valence-electron chi connectivity index (χ0n) is 10.7. The lowest BCUT2D eigenvalue weighted by Crippen LogP contribution is -2.28. The average Bonchev–Trinajstić information content (AvgIpc) is 2.20. The highest BCUT2D eigenvalue weighted by Crippen LogP contribution is 2.27. The Kier molecular flexibility index (Phi) is 3.68. The fourth-order valence-electron chi connectivity index (χ4n) is 1.22. The van der Waals surface area contributed by atoms with Gasteiger partial charge in [0.25, 0.3) is 0 Å². The molecule has 0 aliphatic rings. The molecule has 0 spiro atoms. The Morgan fingerprint density at radius 1 is 1.19 bits per heavy atom. The molecule has 0 unspecified atom stereocenters. The zero-order valence-corrected chi connectivity index (χ0v) is 10.7. The maximum absolute atomic E-state index is 5.75. The summed E-state index contributed by atoms with van der Waals surface area (Å²) < 4.78 is 0. The number of nitrogens with two attached hydrogens (primary N) is 2. The van der Waals surface area contributed by atoms with Gasteiger partial charge in [-0.15, -0.1) is 0 Å². The highest BCUT2D eigenvalue weighted by molar-refractivity contribution is 5.69. The van der Waals surface area contributed by atoms with E-state index in [1.807, 2.05) is 18.2 Å². The van der Waals surface area contributed by atoms with Crippen molar-refractivity contribution in [2.75, 3.05) is 23.3 Å². The molecule has 0 bridgehead atoms. The third-order valence-corrected chi connectivity index (χ3v) is 3.40. The molecule has 0 saturated heterocycles. The molecule has 1 aromatic rings. The van der Waals surface area contributed by atoms with Gasteiger partial charge in [0.15, 0.2) is 0 Å². The molecule has 0 radical (unpaired) electrons. The Morgan fingerprint density at radius 2 is 1.81 bits per heavy atom. The van der Waals surface area contributed by atoms with Gasteiger partial charge in [-0.2, -0.15) is 0 Å². The lowest BCUT2D eigenvalue weighted by atomic mass is 9.81. The van der Waals surface area contributed by atoms with Crippen LogP contribution in [0.1, 0.15) is 27.7 Å². The molecule has 0 aliphatic carbocycles. The number of benzene rings is 1. The molecule has 0 saturated carbocycles. The number of rotatable bonds is 4. The standard InChI is InChI=1S/C13H23N3/c1-9(2)13(3,4)8-16-10-5-6-11(14)12(15)7-10/h5-7,9,16H,8,14-15H2,1-4H3. The molecule has 0 amide bonds. The average molecular weight is 221 g/mol. The molecule has 0 aliphatic heterocycles. The van der Waals surface area contributed by atoms with E-state index in [0.29, 0.717) is 17.3 Å². The quantitative estimate of drug-likeness (QED) is 0.685. The van der Waals surface area contributed by atoms with E-state index in [1.54, 1.807) is 0 Å². The monoisotopic (exact) mass is 221 g/mol. The molecule has 0 fully saturated rings. The fraction of sp³-hybridized carbons (Fsp3) is 0.538. The molecule has 0 aromatic heterocycles. The smallest absolute Gasteiger partial charge is 0.0568 e. The molecule has 0 atom stereocenters. The number of hydrogen-bond donors (Lipinski definition) is 3. The Bertz CT molecular complexity index is 356. The van der Waals surface area contributed by atoms with E-state index in [4.69, 9.17) is 11.5 Å². The molecular formula is C13H23N3. The van der Waals surface area contributed by atoms with Gasteiger partial charge in [0, 0.05) is 12.2 Å². The topological polar surface area (TPSA) is 64.1 Å². The predicted octanol–water partition coefficient (Wildman–Crippen LogP) is 2.95. The van der Waals surface area contributed by atoms with Crippen LogP contribution >= 0.6 is 0 Å². The summed E-state index contributed by atoms with van der Waals surface area (Å²) in [7, 11) is 0. The summed E-state index contributed by atoms with van der Waals surface area (Å²) in [6.07, 6.45) is 0. The molecule has 0 heterocycles. The van der Waals surface area contributed by atoms with Crippen molar-refractivity contribution in [3.8, 4) is 0 Å². The maximum atomic E-state index is 5.75. The maximum Gasteiger partial charge on any atom is 0.0568 e. The number of nitrogen functional groups attached to an aromatic ring is 2. The van der Waals surface area contributed by atoms with Gasteiger partial charge in [-0.3, -0.25) is 0 Å². The first-order valence-electron chi connectivity index (χ1n) is 5.72. The van der Waals surface area contributed by atoms with Gasteiger partial charge in [-0.1, -0.05) is 27.7 Å². The fourth-order valence-corrected chi connectivity index (χ4v) is 1.22. The van der Waals surface area contributed by atoms with Crippen LogP contribution in [0.5, 0.6) is 0 Å². The van der Waals surface area contributed by atoms with Crippen LogP contribution in [0.2, 0.25) is 0 Å². The molecule has 3 nitrogen and oxygen atoms in total. The first kappa shape index (κ1) is 12.7. The van der Waals surface area contributed by atoms with Crippen molar-refractivity contribution in [3.05, 3.63) is 18.2 Å². The van der Waals surface area contributed by atoms with Crippen molar-refractivity contribution in [3.63, 3.8) is 0 Å². The third-order valence-electron chi connectivity index (χ3n) is 3.40. The highest BCUT2D eigenvalue weighted by atomic mass is 14.9. The van der Waals surface area contributed by atoms with Crippen LogP contribution in [0.15, 0.2) is 18.2 Å². The number of nitrogens with one attached hydrogen (secondary N) is 1. The second kappa shape index (κ2) is 4.64. The molecule has 16 heavy (non-hydrogen) atoms. The Labute approximate surface area is 98.2 Å². The summed E-state index contributed by atoms with van der Waals surface area (Å²) in [5.74, 6) is 0.631. The second-order valence-electron chi connectivity index (χ2n) is 5.34. The largest absolute Gasteiger partial charge is 0.397 e. The van der Waals surface area contributed by atoms with Gasteiger partial charge >= 0.3 is 0 Å². The van der Waals surface area contributed by atoms with Crippen molar-refractivity contribution in [2.45, 2.75) is 27.7 Å². The number of hydrogen-bond acceptors (Lipinski definition) is 3. The van der Waals surface area contributed by atoms with Crippen molar-refractivity contribution in [2.24, 2.45) is 11.3 Å². The SMILES string of the molecule is CC(C)C(C)(C)CNc1ccc(N)c(N)c1. The van der Waals surface area contributed by atoms with E-state index in [0.717, 1.165) is 12.2 Å². The van der Waals surface area contributed by atoms with Crippen molar-refractivity contribution >= 4 is 17.1 Å². The second-order valence-corrected chi connectivity index (χ2v) is 5.34. The highest BCUT2D eigenvalue weighted by Gasteiger charge is 2.21. The van der Waals surface area contributed by atoms with E-state index in [2.05, 4.69) is 33.0 Å². The molecule has 90 valence electrons. The summed E-state index contributed by atoms with van der Waals surface area (Å²) in [6.45, 7) is 9.91. The molecule has 1 aromatic carbocycles. The van der Waals surface area contributed by atoms with Crippen LogP contribution in [0, 0.1) is 11.3 Å². The first-order valence-corrected chi connectivity index (χ1v) is 5.72. The lowest BCUT2D eigenvalue weighted by Gasteiger charge is -2.30. The van der Waals surface area contributed by atoms with Gasteiger partial charge in [-0.05, 0) is 29.5 Å². The molecular weight excluding hydrogens is 198 g/mol. The van der Waals surface area contributed by atoms with Crippen LogP contribution in [0.4, 0.5) is 17.1 Å². The molecule has 3 heteroatoms. The zero-order chi connectivity index (χ0) is 12.3. The Morgan fingerprint density at radius 3 is 2.31 bits per heavy atom. The van der Waals surface area contributed by atoms with Crippen LogP contribution < -0.4 is 16.8 Å². The van der Waals surface area contributed by atoms with Crippen LogP contribution in [0.25, 0.3) is 0 Å². The summed E-state index contributed by atoms with van der Waals surface area (Å²) in [5, 5.41) is 3.40. The Hall–Kier alpha value is -1.38. The van der Waals surface area contributed by atoms with Crippen molar-refractivity contribution in [1.29, 1.82) is 0 Å². The minimum atomic E-state index is 0.260. The summed E-state index contributed by atoms with van der Waals surface area (Å²) in [6, 6.07) is 5.67. The van der Waals surface area contributed by atoms with E-state index in [9.17, 15) is 0 Å². The number of anilines is 3. The van der Waals surface area contributed by atoms with E-state index in [1.165, 1.54) is 0 Å². The predicted molar refractivity (Wildman–Crippen MR) is 72.4 cm³/mol. The summed E-state index contributed by atoms with van der Waals surface area (Å²) in [4.78, 5) is 0. The van der Waals surface area contributed by atoms with Crippen molar-refractivity contribution in [1.82, 2.24) is 0 Å². The minimum Gasteiger partial charge on any atom is -0.397 e. The normalized spacial score (nSPS) is 11.8. The third kappa shape index (κ3) is 3.05. The lowest BCUT2D eigenvalue weighted by molar-refractivity contribution is 0.270. The van der Waals surface area contributed by atoms with Gasteiger partial charge in [0.1, 0.15) is 0 Å².